The first-order chi connectivity index (χ1) is 7.22. The van der Waals surface area contributed by atoms with Gasteiger partial charge in [0.25, 0.3) is 0 Å². The van der Waals surface area contributed by atoms with E-state index in [-0.39, 0.29) is 6.54 Å². The van der Waals surface area contributed by atoms with Crippen LogP contribution in [0.4, 0.5) is 0 Å². The topological polar surface area (TPSA) is 65.8 Å². The molecule has 0 bridgehead atoms. The van der Waals surface area contributed by atoms with Gasteiger partial charge in [0.2, 0.25) is 0 Å². The van der Waals surface area contributed by atoms with Gasteiger partial charge in [-0.15, -0.1) is 0 Å². The monoisotopic (exact) mass is 243 g/mol. The molecule has 0 aromatic heterocycles. The van der Waals surface area contributed by atoms with Crippen LogP contribution in [-0.4, -0.2) is 16.5 Å². The average Bonchev–Trinajstić information content (AvgIpc) is 2.22. The van der Waals surface area contributed by atoms with Crippen molar-refractivity contribution in [3.63, 3.8) is 0 Å². The van der Waals surface area contributed by atoms with Gasteiger partial charge in [-0.3, -0.25) is 4.21 Å². The van der Waals surface area contributed by atoms with Crippen LogP contribution >= 0.6 is 11.6 Å². The Morgan fingerprint density at radius 3 is 2.67 bits per heavy atom. The predicted octanol–water partition coefficient (Wildman–Crippen LogP) is 2.90. The highest BCUT2D eigenvalue weighted by Gasteiger charge is 2.00. The Labute approximate surface area is 95.3 Å². The molecular formula is C9H10ClN3OS. The van der Waals surface area contributed by atoms with E-state index >= 15 is 0 Å². The molecule has 6 heteroatoms. The zero-order valence-corrected chi connectivity index (χ0v) is 9.54. The van der Waals surface area contributed by atoms with E-state index < -0.39 is 10.8 Å². The quantitative estimate of drug-likeness (QED) is 0.445. The van der Waals surface area contributed by atoms with Crippen molar-refractivity contribution in [2.45, 2.75) is 5.75 Å². The van der Waals surface area contributed by atoms with Crippen molar-refractivity contribution in [1.29, 1.82) is 0 Å². The van der Waals surface area contributed by atoms with Crippen molar-refractivity contribution < 1.29 is 4.21 Å². The molecule has 1 unspecified atom stereocenters. The molecule has 0 saturated carbocycles. The van der Waals surface area contributed by atoms with Crippen LogP contribution in [0.25, 0.3) is 10.4 Å². The van der Waals surface area contributed by atoms with E-state index in [0.29, 0.717) is 16.5 Å². The maximum atomic E-state index is 11.5. The first-order valence-corrected chi connectivity index (χ1v) is 6.19. The summed E-state index contributed by atoms with van der Waals surface area (Å²) in [5, 5.41) is 4.00. The summed E-state index contributed by atoms with van der Waals surface area (Å²) in [5.41, 5.74) is 9.02. The van der Waals surface area contributed by atoms with E-state index in [1.54, 1.807) is 12.1 Å². The molecule has 0 saturated heterocycles. The predicted molar refractivity (Wildman–Crippen MR) is 62.2 cm³/mol. The second kappa shape index (κ2) is 6.45. The molecule has 1 rings (SSSR count). The molecule has 0 radical (unpaired) electrons. The fourth-order valence-corrected chi connectivity index (χ4v) is 2.15. The average molecular weight is 244 g/mol. The van der Waals surface area contributed by atoms with E-state index in [1.165, 1.54) is 0 Å². The highest BCUT2D eigenvalue weighted by molar-refractivity contribution is 7.84. The standard InChI is InChI=1S/C9H10ClN3OS/c10-9-3-1-8(2-4-9)7-15(14)6-5-12-13-11/h1-4H,5-7H2. The fourth-order valence-electron chi connectivity index (χ4n) is 1.03. The molecule has 0 aliphatic carbocycles. The van der Waals surface area contributed by atoms with Crippen LogP contribution < -0.4 is 0 Å². The largest absolute Gasteiger partial charge is 0.259 e. The summed E-state index contributed by atoms with van der Waals surface area (Å²) in [6, 6.07) is 7.21. The molecule has 1 aromatic rings. The fraction of sp³-hybridized carbons (Fsp3) is 0.333. The van der Waals surface area contributed by atoms with Crippen molar-refractivity contribution in [3.05, 3.63) is 45.3 Å². The van der Waals surface area contributed by atoms with Crippen molar-refractivity contribution in [2.75, 3.05) is 12.3 Å². The van der Waals surface area contributed by atoms with Gasteiger partial charge in [-0.1, -0.05) is 28.8 Å². The molecule has 80 valence electrons. The molecule has 1 aromatic carbocycles. The summed E-state index contributed by atoms with van der Waals surface area (Å²) >= 11 is 5.72. The van der Waals surface area contributed by atoms with Gasteiger partial charge in [0, 0.05) is 38.8 Å². The van der Waals surface area contributed by atoms with E-state index in [0.717, 1.165) is 5.56 Å². The van der Waals surface area contributed by atoms with Crippen LogP contribution in [0.3, 0.4) is 0 Å². The molecule has 0 N–H and O–H groups in total. The van der Waals surface area contributed by atoms with E-state index in [9.17, 15) is 4.21 Å². The molecule has 4 nitrogen and oxygen atoms in total. The molecule has 0 aliphatic rings. The first kappa shape index (κ1) is 12.0. The van der Waals surface area contributed by atoms with Gasteiger partial charge in [-0.2, -0.15) is 0 Å². The molecule has 0 spiro atoms. The van der Waals surface area contributed by atoms with Gasteiger partial charge < -0.3 is 0 Å². The van der Waals surface area contributed by atoms with Gasteiger partial charge >= 0.3 is 0 Å². The zero-order valence-electron chi connectivity index (χ0n) is 7.97. The minimum absolute atomic E-state index is 0.275. The molecular weight excluding hydrogens is 234 g/mol. The third kappa shape index (κ3) is 4.83. The van der Waals surface area contributed by atoms with Crippen LogP contribution in [0.2, 0.25) is 5.02 Å². The van der Waals surface area contributed by atoms with Gasteiger partial charge in [0.1, 0.15) is 0 Å². The molecule has 0 heterocycles. The van der Waals surface area contributed by atoms with Crippen molar-refractivity contribution in [2.24, 2.45) is 5.11 Å². The Hall–Kier alpha value is -1.03. The summed E-state index contributed by atoms with van der Waals surface area (Å²) < 4.78 is 11.5. The Balaban J connectivity index is 2.44. The molecule has 1 atom stereocenters. The van der Waals surface area contributed by atoms with E-state index in [1.807, 2.05) is 12.1 Å². The smallest absolute Gasteiger partial charge is 0.0485 e. The molecule has 0 aliphatic heterocycles. The van der Waals surface area contributed by atoms with Crippen LogP contribution in [0.15, 0.2) is 29.4 Å². The third-order valence-corrected chi connectivity index (χ3v) is 3.27. The number of halogens is 1. The van der Waals surface area contributed by atoms with Crippen LogP contribution in [-0.2, 0) is 16.6 Å². The maximum Gasteiger partial charge on any atom is 0.0485 e. The summed E-state index contributed by atoms with van der Waals surface area (Å²) in [6.07, 6.45) is 0. The number of nitrogens with zero attached hydrogens (tertiary/aromatic N) is 3. The maximum absolute atomic E-state index is 11.5. The summed E-state index contributed by atoms with van der Waals surface area (Å²) in [5.74, 6) is 0.866. The van der Waals surface area contributed by atoms with Gasteiger partial charge in [0.15, 0.2) is 0 Å². The van der Waals surface area contributed by atoms with Crippen LogP contribution in [0.5, 0.6) is 0 Å². The molecule has 15 heavy (non-hydrogen) atoms. The zero-order chi connectivity index (χ0) is 11.1. The van der Waals surface area contributed by atoms with Gasteiger partial charge in [-0.25, -0.2) is 0 Å². The molecule has 0 amide bonds. The number of hydrogen-bond acceptors (Lipinski definition) is 2. The normalized spacial score (nSPS) is 11.8. The first-order valence-electron chi connectivity index (χ1n) is 4.32. The van der Waals surface area contributed by atoms with Crippen molar-refractivity contribution in [1.82, 2.24) is 0 Å². The SMILES string of the molecule is [N-]=[N+]=NCCS(=O)Cc1ccc(Cl)cc1. The van der Waals surface area contributed by atoms with Gasteiger partial charge in [0.05, 0.1) is 0 Å². The summed E-state index contributed by atoms with van der Waals surface area (Å²) in [7, 11) is -0.987. The highest BCUT2D eigenvalue weighted by Crippen LogP contribution is 2.11. The number of benzene rings is 1. The number of azide groups is 1. The Kier molecular flexibility index (Phi) is 5.18. The van der Waals surface area contributed by atoms with Crippen LogP contribution in [0, 0.1) is 0 Å². The second-order valence-electron chi connectivity index (χ2n) is 2.87. The number of hydrogen-bond donors (Lipinski definition) is 0. The van der Waals surface area contributed by atoms with E-state index in [4.69, 9.17) is 17.1 Å². The lowest BCUT2D eigenvalue weighted by Crippen LogP contribution is -2.03. The minimum Gasteiger partial charge on any atom is -0.259 e. The van der Waals surface area contributed by atoms with Crippen LogP contribution in [0.1, 0.15) is 5.56 Å². The Bertz CT molecular complexity index is 387. The van der Waals surface area contributed by atoms with Gasteiger partial charge in [-0.05, 0) is 23.2 Å². The Morgan fingerprint density at radius 2 is 2.07 bits per heavy atom. The second-order valence-corrected chi connectivity index (χ2v) is 4.88. The summed E-state index contributed by atoms with van der Waals surface area (Å²) in [6.45, 7) is 0.275. The van der Waals surface area contributed by atoms with Crippen molar-refractivity contribution in [3.8, 4) is 0 Å². The lowest BCUT2D eigenvalue weighted by Gasteiger charge is -2.00. The highest BCUT2D eigenvalue weighted by atomic mass is 35.5. The number of rotatable bonds is 5. The third-order valence-electron chi connectivity index (χ3n) is 1.72. The minimum atomic E-state index is -0.987. The lowest BCUT2D eigenvalue weighted by molar-refractivity contribution is 0.682. The molecule has 0 fully saturated rings. The van der Waals surface area contributed by atoms with Crippen molar-refractivity contribution >= 4 is 22.4 Å². The summed E-state index contributed by atoms with van der Waals surface area (Å²) in [4.78, 5) is 2.60. The lowest BCUT2D eigenvalue weighted by atomic mass is 10.2. The Morgan fingerprint density at radius 1 is 1.40 bits per heavy atom. The van der Waals surface area contributed by atoms with E-state index in [2.05, 4.69) is 10.0 Å².